The summed E-state index contributed by atoms with van der Waals surface area (Å²) < 4.78 is 25.0. The van der Waals surface area contributed by atoms with Crippen molar-refractivity contribution in [3.05, 3.63) is 17.0 Å². The first kappa shape index (κ1) is 15.9. The number of hydrogen-bond donors (Lipinski definition) is 2. The molecule has 0 aromatic carbocycles. The van der Waals surface area contributed by atoms with Gasteiger partial charge in [0.25, 0.3) is 10.0 Å². The topological polar surface area (TPSA) is 61.4 Å². The lowest BCUT2D eigenvalue weighted by Crippen LogP contribution is -2.44. The van der Waals surface area contributed by atoms with Crippen molar-refractivity contribution in [1.82, 2.24) is 15.2 Å². The van der Waals surface area contributed by atoms with E-state index in [0.717, 1.165) is 30.8 Å². The molecule has 0 radical (unpaired) electrons. The van der Waals surface area contributed by atoms with E-state index >= 15 is 0 Å². The lowest BCUT2D eigenvalue weighted by atomic mass is 10.2. The molecular weight excluding hydrogens is 294 g/mol. The van der Waals surface area contributed by atoms with Crippen molar-refractivity contribution in [2.75, 3.05) is 13.1 Å². The normalized spacial score (nSPS) is 17.8. The quantitative estimate of drug-likeness (QED) is 0.841. The monoisotopic (exact) mass is 317 g/mol. The molecule has 1 aliphatic heterocycles. The largest absolute Gasteiger partial charge is 0.310 e. The maximum absolute atomic E-state index is 12.3. The second kappa shape index (κ2) is 7.00. The van der Waals surface area contributed by atoms with E-state index in [0.29, 0.717) is 16.8 Å². The molecule has 0 spiro atoms. The second-order valence-corrected chi connectivity index (χ2v) is 8.45. The number of nitrogens with one attached hydrogen (secondary N) is 2. The van der Waals surface area contributed by atoms with E-state index in [2.05, 4.69) is 24.0 Å². The minimum atomic E-state index is -3.41. The highest BCUT2D eigenvalue weighted by atomic mass is 32.2. The molecule has 7 heteroatoms. The molecule has 5 nitrogen and oxygen atoms in total. The molecule has 1 aliphatic rings. The predicted octanol–water partition coefficient (Wildman–Crippen LogP) is 1.93. The van der Waals surface area contributed by atoms with Crippen LogP contribution in [0, 0.1) is 0 Å². The van der Waals surface area contributed by atoms with Gasteiger partial charge in [-0.05, 0) is 25.0 Å². The van der Waals surface area contributed by atoms with E-state index in [4.69, 9.17) is 0 Å². The first-order valence-corrected chi connectivity index (χ1v) is 9.37. The SMILES string of the molecule is CC(C)NCc1ccc(S(=O)(=O)NN2CCCCC2)s1. The van der Waals surface area contributed by atoms with Crippen LogP contribution < -0.4 is 10.1 Å². The van der Waals surface area contributed by atoms with E-state index in [9.17, 15) is 8.42 Å². The van der Waals surface area contributed by atoms with Gasteiger partial charge in [-0.2, -0.15) is 0 Å². The van der Waals surface area contributed by atoms with Gasteiger partial charge in [0.15, 0.2) is 0 Å². The molecule has 2 rings (SSSR count). The van der Waals surface area contributed by atoms with Crippen LogP contribution in [0.15, 0.2) is 16.3 Å². The third-order valence-corrected chi connectivity index (χ3v) is 6.14. The number of piperidine rings is 1. The molecule has 0 amide bonds. The molecule has 0 aliphatic carbocycles. The van der Waals surface area contributed by atoms with Gasteiger partial charge < -0.3 is 5.32 Å². The Kier molecular flexibility index (Phi) is 5.57. The van der Waals surface area contributed by atoms with Crippen LogP contribution in [-0.4, -0.2) is 32.6 Å². The van der Waals surface area contributed by atoms with E-state index in [1.807, 2.05) is 11.1 Å². The molecule has 114 valence electrons. The van der Waals surface area contributed by atoms with E-state index in [1.54, 1.807) is 6.07 Å². The minimum absolute atomic E-state index is 0.392. The lowest BCUT2D eigenvalue weighted by molar-refractivity contribution is 0.200. The summed E-state index contributed by atoms with van der Waals surface area (Å²) in [5.74, 6) is 0. The van der Waals surface area contributed by atoms with Crippen LogP contribution in [0.1, 0.15) is 38.0 Å². The van der Waals surface area contributed by atoms with Gasteiger partial charge in [-0.15, -0.1) is 16.2 Å². The average Bonchev–Trinajstić information content (AvgIpc) is 2.86. The van der Waals surface area contributed by atoms with Crippen molar-refractivity contribution in [3.63, 3.8) is 0 Å². The molecular formula is C13H23N3O2S2. The number of sulfonamides is 1. The number of nitrogens with zero attached hydrogens (tertiary/aromatic N) is 1. The van der Waals surface area contributed by atoms with Crippen molar-refractivity contribution in [1.29, 1.82) is 0 Å². The molecule has 0 unspecified atom stereocenters. The molecule has 2 N–H and O–H groups in total. The number of thiophene rings is 1. The highest BCUT2D eigenvalue weighted by molar-refractivity contribution is 7.91. The number of hydrazine groups is 1. The molecule has 1 fully saturated rings. The van der Waals surface area contributed by atoms with Crippen LogP contribution in [0.25, 0.3) is 0 Å². The van der Waals surface area contributed by atoms with Gasteiger partial charge in [-0.1, -0.05) is 20.3 Å². The van der Waals surface area contributed by atoms with Crippen molar-refractivity contribution in [2.24, 2.45) is 0 Å². The Morgan fingerprint density at radius 3 is 2.60 bits per heavy atom. The van der Waals surface area contributed by atoms with Crippen molar-refractivity contribution in [3.8, 4) is 0 Å². The molecule has 0 atom stereocenters. The van der Waals surface area contributed by atoms with Crippen LogP contribution in [0.4, 0.5) is 0 Å². The molecule has 0 bridgehead atoms. The van der Waals surface area contributed by atoms with Crippen molar-refractivity contribution in [2.45, 2.75) is 49.9 Å². The van der Waals surface area contributed by atoms with Crippen molar-refractivity contribution < 1.29 is 8.42 Å². The summed E-state index contributed by atoms with van der Waals surface area (Å²) in [6.45, 7) is 6.45. The van der Waals surface area contributed by atoms with Crippen LogP contribution in [0.5, 0.6) is 0 Å². The third-order valence-electron chi connectivity index (χ3n) is 3.19. The Morgan fingerprint density at radius 2 is 1.95 bits per heavy atom. The summed E-state index contributed by atoms with van der Waals surface area (Å²) in [7, 11) is -3.41. The molecule has 1 aromatic rings. The fourth-order valence-electron chi connectivity index (χ4n) is 2.10. The van der Waals surface area contributed by atoms with E-state index in [-0.39, 0.29) is 0 Å². The highest BCUT2D eigenvalue weighted by Crippen LogP contribution is 2.22. The summed E-state index contributed by atoms with van der Waals surface area (Å²) in [5.41, 5.74) is 0. The van der Waals surface area contributed by atoms with Gasteiger partial charge in [0.1, 0.15) is 4.21 Å². The first-order valence-electron chi connectivity index (χ1n) is 7.07. The molecule has 0 saturated carbocycles. The lowest BCUT2D eigenvalue weighted by Gasteiger charge is -2.26. The van der Waals surface area contributed by atoms with E-state index in [1.165, 1.54) is 17.8 Å². The van der Waals surface area contributed by atoms with E-state index < -0.39 is 10.0 Å². The summed E-state index contributed by atoms with van der Waals surface area (Å²) in [4.78, 5) is 3.72. The first-order chi connectivity index (χ1) is 9.47. The maximum Gasteiger partial charge on any atom is 0.262 e. The van der Waals surface area contributed by atoms with Gasteiger partial charge in [0, 0.05) is 30.6 Å². The van der Waals surface area contributed by atoms with Gasteiger partial charge in [-0.25, -0.2) is 13.4 Å². The smallest absolute Gasteiger partial charge is 0.262 e. The Hall–Kier alpha value is -0.470. The standard InChI is InChI=1S/C13H23N3O2S2/c1-11(2)14-10-12-6-7-13(19-12)20(17,18)15-16-8-4-3-5-9-16/h6-7,11,14-15H,3-5,8-10H2,1-2H3. The third kappa shape index (κ3) is 4.53. The predicted molar refractivity (Wildman–Crippen MR) is 82.0 cm³/mol. The zero-order valence-electron chi connectivity index (χ0n) is 12.1. The van der Waals surface area contributed by atoms with Crippen LogP contribution in [-0.2, 0) is 16.6 Å². The zero-order valence-corrected chi connectivity index (χ0v) is 13.7. The van der Waals surface area contributed by atoms with Crippen molar-refractivity contribution >= 4 is 21.4 Å². The number of rotatable bonds is 6. The van der Waals surface area contributed by atoms with Gasteiger partial charge in [-0.3, -0.25) is 0 Å². The van der Waals surface area contributed by atoms with Crippen LogP contribution in [0.2, 0.25) is 0 Å². The molecule has 1 aromatic heterocycles. The van der Waals surface area contributed by atoms with Crippen LogP contribution >= 0.6 is 11.3 Å². The maximum atomic E-state index is 12.3. The Morgan fingerprint density at radius 1 is 1.25 bits per heavy atom. The summed E-state index contributed by atoms with van der Waals surface area (Å²) >= 11 is 1.33. The van der Waals surface area contributed by atoms with Gasteiger partial charge in [0.05, 0.1) is 0 Å². The highest BCUT2D eigenvalue weighted by Gasteiger charge is 2.21. The van der Waals surface area contributed by atoms with Gasteiger partial charge in [0.2, 0.25) is 0 Å². The summed E-state index contributed by atoms with van der Waals surface area (Å²) in [6.07, 6.45) is 3.29. The summed E-state index contributed by atoms with van der Waals surface area (Å²) in [6, 6.07) is 3.96. The second-order valence-electron chi connectivity index (χ2n) is 5.40. The fraction of sp³-hybridized carbons (Fsp3) is 0.692. The molecule has 2 heterocycles. The molecule has 1 saturated heterocycles. The molecule has 20 heavy (non-hydrogen) atoms. The average molecular weight is 317 g/mol. The number of hydrogen-bond acceptors (Lipinski definition) is 5. The Labute approximate surface area is 125 Å². The van der Waals surface area contributed by atoms with Crippen LogP contribution in [0.3, 0.4) is 0 Å². The Balaban J connectivity index is 1.98. The fourth-order valence-corrected chi connectivity index (χ4v) is 4.52. The summed E-state index contributed by atoms with van der Waals surface area (Å²) in [5, 5.41) is 5.10. The van der Waals surface area contributed by atoms with Gasteiger partial charge >= 0.3 is 0 Å². The zero-order chi connectivity index (χ0) is 14.6. The Bertz CT molecular complexity index is 519. The minimum Gasteiger partial charge on any atom is -0.310 e.